The highest BCUT2D eigenvalue weighted by molar-refractivity contribution is 8.00. The lowest BCUT2D eigenvalue weighted by atomic mass is 10.2. The van der Waals surface area contributed by atoms with E-state index in [0.29, 0.717) is 27.9 Å². The summed E-state index contributed by atoms with van der Waals surface area (Å²) < 4.78 is 12.9. The number of thioether (sulfide) groups is 1. The third-order valence-corrected chi connectivity index (χ3v) is 7.05. The van der Waals surface area contributed by atoms with Crippen LogP contribution in [0.2, 0.25) is 0 Å². The third-order valence-electron chi connectivity index (χ3n) is 4.17. The van der Waals surface area contributed by atoms with Gasteiger partial charge in [-0.3, -0.25) is 4.79 Å². The van der Waals surface area contributed by atoms with E-state index in [0.717, 1.165) is 20.1 Å². The molecule has 2 aromatic carbocycles. The zero-order valence-corrected chi connectivity index (χ0v) is 18.3. The molecule has 0 saturated heterocycles. The van der Waals surface area contributed by atoms with Gasteiger partial charge in [0.25, 0.3) is 5.91 Å². The van der Waals surface area contributed by atoms with Gasteiger partial charge in [0.1, 0.15) is 10.7 Å². The van der Waals surface area contributed by atoms with Gasteiger partial charge >= 0.3 is 0 Å². The molecular formula is C20H17N3O3S3. The van der Waals surface area contributed by atoms with Crippen molar-refractivity contribution < 1.29 is 14.3 Å². The van der Waals surface area contributed by atoms with Crippen molar-refractivity contribution in [2.45, 2.75) is 4.34 Å². The number of carbonyl (C=O) groups excluding carboxylic acids is 1. The molecule has 0 fully saturated rings. The number of para-hydroxylation sites is 1. The first-order chi connectivity index (χ1) is 14.1. The van der Waals surface area contributed by atoms with E-state index in [4.69, 9.17) is 9.47 Å². The van der Waals surface area contributed by atoms with Gasteiger partial charge in [0.15, 0.2) is 15.8 Å². The van der Waals surface area contributed by atoms with Crippen LogP contribution in [0.4, 0.5) is 5.69 Å². The Balaban J connectivity index is 1.58. The lowest BCUT2D eigenvalue weighted by Crippen LogP contribution is -2.12. The van der Waals surface area contributed by atoms with Crippen LogP contribution in [-0.4, -0.2) is 36.4 Å². The summed E-state index contributed by atoms with van der Waals surface area (Å²) >= 11 is 4.60. The predicted octanol–water partition coefficient (Wildman–Crippen LogP) is 5.41. The minimum atomic E-state index is -0.261. The van der Waals surface area contributed by atoms with Crippen LogP contribution in [0.25, 0.3) is 20.8 Å². The Hall–Kier alpha value is -2.62. The van der Waals surface area contributed by atoms with Crippen LogP contribution in [-0.2, 0) is 0 Å². The molecule has 0 atom stereocenters. The molecule has 0 aliphatic carbocycles. The van der Waals surface area contributed by atoms with Crippen LogP contribution in [0.15, 0.2) is 46.1 Å². The van der Waals surface area contributed by atoms with Gasteiger partial charge in [0, 0.05) is 11.1 Å². The van der Waals surface area contributed by atoms with Crippen molar-refractivity contribution in [1.29, 1.82) is 0 Å². The second kappa shape index (κ2) is 8.40. The number of fused-ring (bicyclic) bond motifs is 1. The van der Waals surface area contributed by atoms with Crippen LogP contribution < -0.4 is 14.8 Å². The van der Waals surface area contributed by atoms with Crippen LogP contribution in [0, 0.1) is 0 Å². The minimum Gasteiger partial charge on any atom is -0.493 e. The Morgan fingerprint density at radius 3 is 2.76 bits per heavy atom. The average Bonchev–Trinajstić information content (AvgIpc) is 3.39. The van der Waals surface area contributed by atoms with Gasteiger partial charge in [-0.15, -0.1) is 22.7 Å². The highest BCUT2D eigenvalue weighted by Gasteiger charge is 2.17. The van der Waals surface area contributed by atoms with Gasteiger partial charge in [-0.1, -0.05) is 17.8 Å². The summed E-state index contributed by atoms with van der Waals surface area (Å²) in [6, 6.07) is 11.3. The van der Waals surface area contributed by atoms with Crippen molar-refractivity contribution in [3.05, 3.63) is 47.5 Å². The second-order valence-electron chi connectivity index (χ2n) is 5.90. The second-order valence-corrected chi connectivity index (χ2v) is 8.84. The molecule has 4 aromatic rings. The SMILES string of the molecule is COc1cccc(-c2nc(C(=O)Nc3ccc4nc(SC)sc4c3)cs2)c1OC. The van der Waals surface area contributed by atoms with Crippen molar-refractivity contribution in [2.24, 2.45) is 0 Å². The van der Waals surface area contributed by atoms with Crippen molar-refractivity contribution in [3.8, 4) is 22.1 Å². The normalized spacial score (nSPS) is 10.9. The number of hydrogen-bond donors (Lipinski definition) is 1. The fourth-order valence-corrected chi connectivity index (χ4v) is 5.17. The maximum atomic E-state index is 12.7. The Morgan fingerprint density at radius 1 is 1.14 bits per heavy atom. The summed E-state index contributed by atoms with van der Waals surface area (Å²) in [4.78, 5) is 21.7. The zero-order chi connectivity index (χ0) is 20.4. The van der Waals surface area contributed by atoms with E-state index in [1.807, 2.05) is 42.7 Å². The number of carbonyl (C=O) groups is 1. The van der Waals surface area contributed by atoms with Crippen molar-refractivity contribution in [1.82, 2.24) is 9.97 Å². The highest BCUT2D eigenvalue weighted by Crippen LogP contribution is 2.39. The quantitative estimate of drug-likeness (QED) is 0.402. The first-order valence-electron chi connectivity index (χ1n) is 8.55. The monoisotopic (exact) mass is 443 g/mol. The molecule has 0 saturated carbocycles. The maximum Gasteiger partial charge on any atom is 0.275 e. The fourth-order valence-electron chi connectivity index (χ4n) is 2.82. The van der Waals surface area contributed by atoms with Gasteiger partial charge < -0.3 is 14.8 Å². The lowest BCUT2D eigenvalue weighted by molar-refractivity contribution is 0.102. The number of anilines is 1. The molecule has 0 unspecified atom stereocenters. The Bertz CT molecular complexity index is 1190. The number of methoxy groups -OCH3 is 2. The van der Waals surface area contributed by atoms with E-state index < -0.39 is 0 Å². The smallest absolute Gasteiger partial charge is 0.275 e. The van der Waals surface area contributed by atoms with E-state index in [2.05, 4.69) is 15.3 Å². The molecule has 0 radical (unpaired) electrons. The molecule has 1 N–H and O–H groups in total. The predicted molar refractivity (Wildman–Crippen MR) is 120 cm³/mol. The molecular weight excluding hydrogens is 426 g/mol. The molecule has 2 aromatic heterocycles. The Kier molecular flexibility index (Phi) is 5.70. The molecule has 148 valence electrons. The molecule has 0 aliphatic heterocycles. The minimum absolute atomic E-state index is 0.261. The largest absolute Gasteiger partial charge is 0.493 e. The summed E-state index contributed by atoms with van der Waals surface area (Å²) in [5, 5.41) is 5.34. The number of aromatic nitrogens is 2. The molecule has 29 heavy (non-hydrogen) atoms. The summed E-state index contributed by atoms with van der Waals surface area (Å²) in [7, 11) is 3.17. The van der Waals surface area contributed by atoms with Gasteiger partial charge in [-0.2, -0.15) is 0 Å². The molecule has 4 rings (SSSR count). The molecule has 0 aliphatic rings. The Morgan fingerprint density at radius 2 is 2.00 bits per heavy atom. The van der Waals surface area contributed by atoms with Crippen LogP contribution in [0.5, 0.6) is 11.5 Å². The molecule has 1 amide bonds. The van der Waals surface area contributed by atoms with Gasteiger partial charge in [0.2, 0.25) is 0 Å². The number of nitrogens with zero attached hydrogens (tertiary/aromatic N) is 2. The molecule has 0 spiro atoms. The van der Waals surface area contributed by atoms with Crippen molar-refractivity contribution in [2.75, 3.05) is 25.8 Å². The number of ether oxygens (including phenoxy) is 2. The lowest BCUT2D eigenvalue weighted by Gasteiger charge is -2.10. The van der Waals surface area contributed by atoms with E-state index in [1.165, 1.54) is 11.3 Å². The summed E-state index contributed by atoms with van der Waals surface area (Å²) in [6.07, 6.45) is 2.00. The van der Waals surface area contributed by atoms with Crippen LogP contribution in [0.3, 0.4) is 0 Å². The third kappa shape index (κ3) is 3.93. The van der Waals surface area contributed by atoms with Crippen LogP contribution in [0.1, 0.15) is 10.5 Å². The van der Waals surface area contributed by atoms with E-state index in [-0.39, 0.29) is 5.91 Å². The van der Waals surface area contributed by atoms with Gasteiger partial charge in [-0.05, 0) is 36.6 Å². The molecule has 6 nitrogen and oxygen atoms in total. The van der Waals surface area contributed by atoms with Crippen LogP contribution >= 0.6 is 34.4 Å². The standard InChI is InChI=1S/C20H17N3O3S3/c1-25-15-6-4-5-12(17(15)26-2)19-22-14(10-28-19)18(24)21-11-7-8-13-16(9-11)29-20(23-13)27-3/h4-10H,1-3H3,(H,21,24). The summed E-state index contributed by atoms with van der Waals surface area (Å²) in [5.74, 6) is 0.952. The summed E-state index contributed by atoms with van der Waals surface area (Å²) in [5.41, 5.74) is 2.78. The van der Waals surface area contributed by atoms with Crippen molar-refractivity contribution >= 4 is 56.2 Å². The van der Waals surface area contributed by atoms with Crippen molar-refractivity contribution in [3.63, 3.8) is 0 Å². The first-order valence-corrected chi connectivity index (χ1v) is 11.5. The van der Waals surface area contributed by atoms with Gasteiger partial charge in [-0.25, -0.2) is 9.97 Å². The molecule has 0 bridgehead atoms. The Labute approximate surface area is 179 Å². The first kappa shape index (κ1) is 19.7. The number of benzene rings is 2. The van der Waals surface area contributed by atoms with E-state index in [1.54, 1.807) is 42.7 Å². The topological polar surface area (TPSA) is 73.3 Å². The summed E-state index contributed by atoms with van der Waals surface area (Å²) in [6.45, 7) is 0. The molecule has 9 heteroatoms. The fraction of sp³-hybridized carbons (Fsp3) is 0.150. The van der Waals surface area contributed by atoms with Gasteiger partial charge in [0.05, 0.1) is 30.0 Å². The number of amides is 1. The molecule has 2 heterocycles. The number of rotatable bonds is 6. The highest BCUT2D eigenvalue weighted by atomic mass is 32.2. The number of hydrogen-bond acceptors (Lipinski definition) is 8. The van der Waals surface area contributed by atoms with E-state index >= 15 is 0 Å². The number of nitrogens with one attached hydrogen (secondary N) is 1. The number of thiazole rings is 2. The zero-order valence-electron chi connectivity index (χ0n) is 15.9. The average molecular weight is 444 g/mol. The van der Waals surface area contributed by atoms with E-state index in [9.17, 15) is 4.79 Å². The maximum absolute atomic E-state index is 12.7.